The summed E-state index contributed by atoms with van der Waals surface area (Å²) in [5, 5.41) is 11.6. The fourth-order valence-electron chi connectivity index (χ4n) is 3.12. The van der Waals surface area contributed by atoms with E-state index in [1.54, 1.807) is 0 Å². The van der Waals surface area contributed by atoms with Crippen LogP contribution in [0.2, 0.25) is 0 Å². The molecule has 0 aliphatic carbocycles. The Hall–Kier alpha value is -2.34. The lowest BCUT2D eigenvalue weighted by Gasteiger charge is -2.14. The summed E-state index contributed by atoms with van der Waals surface area (Å²) < 4.78 is 36.6. The predicted octanol–water partition coefficient (Wildman–Crippen LogP) is 4.67. The molecule has 0 bridgehead atoms. The van der Waals surface area contributed by atoms with Crippen LogP contribution in [0.4, 0.5) is 13.2 Å². The van der Waals surface area contributed by atoms with Crippen molar-refractivity contribution in [1.29, 1.82) is 0 Å². The highest BCUT2D eigenvalue weighted by Gasteiger charge is 2.26. The van der Waals surface area contributed by atoms with Gasteiger partial charge in [-0.05, 0) is 47.9 Å². The van der Waals surface area contributed by atoms with Crippen molar-refractivity contribution in [1.82, 2.24) is 5.32 Å². The molecule has 0 radical (unpaired) electrons. The first-order chi connectivity index (χ1) is 13.4. The normalized spacial score (nSPS) is 11.4. The predicted molar refractivity (Wildman–Crippen MR) is 104 cm³/mol. The van der Waals surface area contributed by atoms with Gasteiger partial charge in [-0.1, -0.05) is 48.5 Å². The summed E-state index contributed by atoms with van der Waals surface area (Å²) in [6, 6.07) is 15.5. The van der Waals surface area contributed by atoms with Gasteiger partial charge in [0.05, 0.1) is 6.42 Å². The third-order valence-electron chi connectivity index (χ3n) is 4.49. The number of rotatable bonds is 10. The van der Waals surface area contributed by atoms with Crippen LogP contribution in [0.1, 0.15) is 36.8 Å². The minimum Gasteiger partial charge on any atom is -0.396 e. The van der Waals surface area contributed by atoms with Crippen molar-refractivity contribution in [3.05, 3.63) is 59.7 Å². The second kappa shape index (κ2) is 10.9. The van der Waals surface area contributed by atoms with E-state index in [9.17, 15) is 18.0 Å². The molecule has 0 aliphatic heterocycles. The van der Waals surface area contributed by atoms with Crippen LogP contribution in [0.25, 0.3) is 11.1 Å². The smallest absolute Gasteiger partial charge is 0.389 e. The van der Waals surface area contributed by atoms with Crippen LogP contribution in [-0.2, 0) is 17.6 Å². The van der Waals surface area contributed by atoms with Crippen molar-refractivity contribution in [3.63, 3.8) is 0 Å². The second-order valence-electron chi connectivity index (χ2n) is 6.74. The Kier molecular flexibility index (Phi) is 8.51. The van der Waals surface area contributed by atoms with Crippen LogP contribution in [0.3, 0.4) is 0 Å². The molecule has 0 fully saturated rings. The molecule has 6 heteroatoms. The Morgan fingerprint density at radius 2 is 1.50 bits per heavy atom. The number of carbonyl (C=O) groups excluding carboxylic acids is 1. The average molecular weight is 393 g/mol. The molecule has 28 heavy (non-hydrogen) atoms. The Morgan fingerprint density at radius 1 is 0.893 bits per heavy atom. The number of aryl methyl sites for hydroxylation is 1. The van der Waals surface area contributed by atoms with Crippen LogP contribution in [0, 0.1) is 0 Å². The molecule has 152 valence electrons. The van der Waals surface area contributed by atoms with Crippen molar-refractivity contribution in [2.45, 2.75) is 44.7 Å². The lowest BCUT2D eigenvalue weighted by molar-refractivity contribution is -0.136. The monoisotopic (exact) mass is 393 g/mol. The SMILES string of the molecule is O=C(Cc1ccccc1-c1ccccc1CCCCO)NCCCC(F)(F)F. The van der Waals surface area contributed by atoms with Crippen LogP contribution >= 0.6 is 0 Å². The summed E-state index contributed by atoms with van der Waals surface area (Å²) in [7, 11) is 0. The molecular weight excluding hydrogens is 367 g/mol. The first-order valence-corrected chi connectivity index (χ1v) is 9.51. The average Bonchev–Trinajstić information content (AvgIpc) is 2.66. The summed E-state index contributed by atoms with van der Waals surface area (Å²) in [4.78, 5) is 12.2. The molecule has 0 heterocycles. The zero-order valence-corrected chi connectivity index (χ0v) is 15.8. The third kappa shape index (κ3) is 7.35. The Morgan fingerprint density at radius 3 is 2.14 bits per heavy atom. The number of benzene rings is 2. The zero-order chi connectivity index (χ0) is 20.4. The number of nitrogens with one attached hydrogen (secondary N) is 1. The number of hydrogen-bond acceptors (Lipinski definition) is 2. The van der Waals surface area contributed by atoms with E-state index in [1.807, 2.05) is 48.5 Å². The third-order valence-corrected chi connectivity index (χ3v) is 4.49. The van der Waals surface area contributed by atoms with E-state index in [1.165, 1.54) is 0 Å². The van der Waals surface area contributed by atoms with Gasteiger partial charge in [0, 0.05) is 19.6 Å². The first-order valence-electron chi connectivity index (χ1n) is 9.51. The zero-order valence-electron chi connectivity index (χ0n) is 15.8. The van der Waals surface area contributed by atoms with E-state index in [4.69, 9.17) is 5.11 Å². The van der Waals surface area contributed by atoms with Gasteiger partial charge in [0.2, 0.25) is 5.91 Å². The number of hydrogen-bond donors (Lipinski definition) is 2. The highest BCUT2D eigenvalue weighted by Crippen LogP contribution is 2.28. The van der Waals surface area contributed by atoms with Gasteiger partial charge < -0.3 is 10.4 Å². The molecule has 0 aliphatic rings. The minimum atomic E-state index is -4.20. The molecule has 0 saturated carbocycles. The maximum atomic E-state index is 12.2. The largest absolute Gasteiger partial charge is 0.396 e. The summed E-state index contributed by atoms with van der Waals surface area (Å²) in [5.74, 6) is -0.285. The summed E-state index contributed by atoms with van der Waals surface area (Å²) in [6.07, 6.45) is -2.67. The van der Waals surface area contributed by atoms with E-state index >= 15 is 0 Å². The number of unbranched alkanes of at least 4 members (excludes halogenated alkanes) is 1. The van der Waals surface area contributed by atoms with Crippen LogP contribution < -0.4 is 5.32 Å². The Labute approximate surface area is 163 Å². The molecule has 0 atom stereocenters. The topological polar surface area (TPSA) is 49.3 Å². The van der Waals surface area contributed by atoms with Gasteiger partial charge in [-0.2, -0.15) is 13.2 Å². The molecule has 0 spiro atoms. The molecule has 1 amide bonds. The van der Waals surface area contributed by atoms with Crippen molar-refractivity contribution < 1.29 is 23.1 Å². The van der Waals surface area contributed by atoms with Crippen molar-refractivity contribution in [2.24, 2.45) is 0 Å². The maximum Gasteiger partial charge on any atom is 0.389 e. The van der Waals surface area contributed by atoms with E-state index in [-0.39, 0.29) is 31.9 Å². The molecule has 0 aromatic heterocycles. The molecule has 0 unspecified atom stereocenters. The lowest BCUT2D eigenvalue weighted by Crippen LogP contribution is -2.27. The number of aliphatic hydroxyl groups excluding tert-OH is 1. The second-order valence-corrected chi connectivity index (χ2v) is 6.74. The molecule has 2 rings (SSSR count). The van der Waals surface area contributed by atoms with Gasteiger partial charge in [-0.3, -0.25) is 4.79 Å². The Balaban J connectivity index is 2.06. The van der Waals surface area contributed by atoms with Gasteiger partial charge in [0.1, 0.15) is 0 Å². The van der Waals surface area contributed by atoms with Gasteiger partial charge in [-0.25, -0.2) is 0 Å². The fourth-order valence-corrected chi connectivity index (χ4v) is 3.12. The van der Waals surface area contributed by atoms with Crippen molar-refractivity contribution >= 4 is 5.91 Å². The molecule has 3 nitrogen and oxygen atoms in total. The van der Waals surface area contributed by atoms with Gasteiger partial charge in [0.25, 0.3) is 0 Å². The van der Waals surface area contributed by atoms with Gasteiger partial charge in [0.15, 0.2) is 0 Å². The van der Waals surface area contributed by atoms with Crippen LogP contribution in [-0.4, -0.2) is 30.3 Å². The first kappa shape index (κ1) is 22.0. The molecular formula is C22H26F3NO2. The Bertz CT molecular complexity index is 759. The molecule has 2 aromatic rings. The number of halogens is 3. The molecule has 2 N–H and O–H groups in total. The highest BCUT2D eigenvalue weighted by atomic mass is 19.4. The summed E-state index contributed by atoms with van der Waals surface area (Å²) >= 11 is 0. The summed E-state index contributed by atoms with van der Waals surface area (Å²) in [5.41, 5.74) is 3.98. The standard InChI is InChI=1S/C22H26F3NO2/c23-22(24,25)13-7-14-26-21(28)16-18-10-2-4-12-20(18)19-11-3-1-8-17(19)9-5-6-15-27/h1-4,8,10-12,27H,5-7,9,13-16H2,(H,26,28). The number of aliphatic hydroxyl groups is 1. The quantitative estimate of drug-likeness (QED) is 0.577. The van der Waals surface area contributed by atoms with E-state index in [0.29, 0.717) is 0 Å². The van der Waals surface area contributed by atoms with E-state index < -0.39 is 12.6 Å². The minimum absolute atomic E-state index is 0.0122. The van der Waals surface area contributed by atoms with E-state index in [2.05, 4.69) is 5.32 Å². The van der Waals surface area contributed by atoms with Gasteiger partial charge in [-0.15, -0.1) is 0 Å². The lowest BCUT2D eigenvalue weighted by atomic mass is 9.92. The fraction of sp³-hybridized carbons (Fsp3) is 0.409. The van der Waals surface area contributed by atoms with Gasteiger partial charge >= 0.3 is 6.18 Å². The van der Waals surface area contributed by atoms with E-state index in [0.717, 1.165) is 41.5 Å². The number of amides is 1. The number of carbonyl (C=O) groups is 1. The summed E-state index contributed by atoms with van der Waals surface area (Å²) in [6.45, 7) is 0.172. The number of alkyl halides is 3. The highest BCUT2D eigenvalue weighted by molar-refractivity contribution is 5.82. The van der Waals surface area contributed by atoms with Crippen molar-refractivity contribution in [2.75, 3.05) is 13.2 Å². The van der Waals surface area contributed by atoms with Crippen LogP contribution in [0.5, 0.6) is 0 Å². The van der Waals surface area contributed by atoms with Crippen LogP contribution in [0.15, 0.2) is 48.5 Å². The molecule has 0 saturated heterocycles. The maximum absolute atomic E-state index is 12.2. The molecule has 2 aromatic carbocycles. The van der Waals surface area contributed by atoms with Crippen molar-refractivity contribution in [3.8, 4) is 11.1 Å².